The number of carbonyl (C=O) groups excluding carboxylic acids is 1. The van der Waals surface area contributed by atoms with Crippen LogP contribution in [0.15, 0.2) is 22.7 Å². The molecule has 0 aromatic heterocycles. The van der Waals surface area contributed by atoms with E-state index in [2.05, 4.69) is 21.2 Å². The van der Waals surface area contributed by atoms with Gasteiger partial charge in [-0.25, -0.2) is 9.18 Å². The second-order valence-corrected chi connectivity index (χ2v) is 4.77. The molecule has 0 fully saturated rings. The number of hydrogen-bond acceptors (Lipinski definition) is 4. The first-order chi connectivity index (χ1) is 9.40. The van der Waals surface area contributed by atoms with E-state index in [4.69, 9.17) is 14.9 Å². The number of amides is 1. The molecule has 1 amide bonds. The molecule has 0 bridgehead atoms. The van der Waals surface area contributed by atoms with Crippen LogP contribution in [0.2, 0.25) is 0 Å². The van der Waals surface area contributed by atoms with Crippen LogP contribution >= 0.6 is 15.9 Å². The van der Waals surface area contributed by atoms with Crippen molar-refractivity contribution in [2.45, 2.75) is 12.5 Å². The molecule has 1 rings (SSSR count). The Morgan fingerprint density at radius 3 is 2.75 bits per heavy atom. The highest BCUT2D eigenvalue weighted by atomic mass is 79.9. The summed E-state index contributed by atoms with van der Waals surface area (Å²) in [7, 11) is 0. The maximum atomic E-state index is 13.4. The maximum Gasteiger partial charge on any atom is 0.332 e. The minimum atomic E-state index is -1.53. The minimum Gasteiger partial charge on any atom is -0.481 e. The molecule has 1 aromatic carbocycles. The van der Waals surface area contributed by atoms with Gasteiger partial charge in [-0.1, -0.05) is 15.9 Å². The van der Waals surface area contributed by atoms with Crippen molar-refractivity contribution in [3.63, 3.8) is 0 Å². The van der Waals surface area contributed by atoms with Gasteiger partial charge < -0.3 is 20.3 Å². The third kappa shape index (κ3) is 5.54. The van der Waals surface area contributed by atoms with Crippen molar-refractivity contribution in [1.29, 1.82) is 0 Å². The summed E-state index contributed by atoms with van der Waals surface area (Å²) >= 11 is 3.09. The summed E-state index contributed by atoms with van der Waals surface area (Å²) in [6.07, 6.45) is -1.64. The van der Waals surface area contributed by atoms with Crippen LogP contribution in [0.25, 0.3) is 0 Å². The van der Waals surface area contributed by atoms with E-state index in [1.807, 2.05) is 0 Å². The van der Waals surface area contributed by atoms with E-state index in [0.717, 1.165) is 0 Å². The van der Waals surface area contributed by atoms with Crippen molar-refractivity contribution in [2.75, 3.05) is 13.2 Å². The number of carboxylic acids is 1. The van der Waals surface area contributed by atoms with Gasteiger partial charge in [0.25, 0.3) is 5.91 Å². The Morgan fingerprint density at radius 2 is 2.15 bits per heavy atom. The van der Waals surface area contributed by atoms with Gasteiger partial charge in [0.2, 0.25) is 0 Å². The monoisotopic (exact) mass is 349 g/mol. The van der Waals surface area contributed by atoms with Gasteiger partial charge >= 0.3 is 5.97 Å². The van der Waals surface area contributed by atoms with Gasteiger partial charge in [-0.3, -0.25) is 4.79 Å². The van der Waals surface area contributed by atoms with E-state index in [1.54, 1.807) is 6.07 Å². The average molecular weight is 350 g/mol. The fourth-order valence-electron chi connectivity index (χ4n) is 1.26. The Kier molecular flexibility index (Phi) is 6.40. The molecule has 0 saturated carbocycles. The van der Waals surface area contributed by atoms with E-state index >= 15 is 0 Å². The quantitative estimate of drug-likeness (QED) is 0.680. The molecule has 110 valence electrons. The lowest BCUT2D eigenvalue weighted by Gasteiger charge is -2.09. The predicted octanol–water partition coefficient (Wildman–Crippen LogP) is 0.919. The minimum absolute atomic E-state index is 0.0154. The lowest BCUT2D eigenvalue weighted by Crippen LogP contribution is -2.33. The Morgan fingerprint density at radius 1 is 1.45 bits per heavy atom. The number of halogens is 2. The van der Waals surface area contributed by atoms with Gasteiger partial charge in [-0.2, -0.15) is 0 Å². The molecule has 0 saturated heterocycles. The lowest BCUT2D eigenvalue weighted by atomic mass is 10.2. The van der Waals surface area contributed by atoms with Crippen LogP contribution in [-0.4, -0.2) is 41.3 Å². The topological polar surface area (TPSA) is 95.9 Å². The van der Waals surface area contributed by atoms with Crippen LogP contribution in [0.1, 0.15) is 6.42 Å². The Labute approximate surface area is 122 Å². The maximum absolute atomic E-state index is 13.4. The summed E-state index contributed by atoms with van der Waals surface area (Å²) in [5.74, 6) is -2.56. The van der Waals surface area contributed by atoms with Gasteiger partial charge in [0.1, 0.15) is 0 Å². The first kappa shape index (κ1) is 16.4. The highest BCUT2D eigenvalue weighted by molar-refractivity contribution is 9.10. The normalized spacial score (nSPS) is 11.8. The Hall–Kier alpha value is -1.67. The molecule has 0 heterocycles. The summed E-state index contributed by atoms with van der Waals surface area (Å²) < 4.78 is 18.9. The smallest absolute Gasteiger partial charge is 0.332 e. The van der Waals surface area contributed by atoms with Crippen LogP contribution < -0.4 is 10.1 Å². The Bertz CT molecular complexity index is 497. The van der Waals surface area contributed by atoms with E-state index in [9.17, 15) is 14.0 Å². The molecule has 0 aliphatic rings. The van der Waals surface area contributed by atoms with Crippen LogP contribution in [0.3, 0.4) is 0 Å². The highest BCUT2D eigenvalue weighted by Crippen LogP contribution is 2.21. The van der Waals surface area contributed by atoms with Crippen LogP contribution in [0.4, 0.5) is 4.39 Å². The van der Waals surface area contributed by atoms with E-state index in [1.165, 1.54) is 12.1 Å². The molecule has 1 atom stereocenters. The summed E-state index contributed by atoms with van der Waals surface area (Å²) in [6.45, 7) is -0.416. The number of aliphatic hydroxyl groups is 1. The second kappa shape index (κ2) is 7.81. The molecule has 3 N–H and O–H groups in total. The summed E-state index contributed by atoms with van der Waals surface area (Å²) in [6, 6.07) is 4.15. The first-order valence-corrected chi connectivity index (χ1v) is 6.45. The number of carbonyl (C=O) groups is 2. The van der Waals surface area contributed by atoms with Crippen molar-refractivity contribution in [3.8, 4) is 5.75 Å². The van der Waals surface area contributed by atoms with Crippen molar-refractivity contribution >= 4 is 27.8 Å². The van der Waals surface area contributed by atoms with Gasteiger partial charge in [0, 0.05) is 17.4 Å². The summed E-state index contributed by atoms with van der Waals surface area (Å²) in [5.41, 5.74) is 0. The van der Waals surface area contributed by atoms with Crippen molar-refractivity contribution in [1.82, 2.24) is 5.32 Å². The van der Waals surface area contributed by atoms with Crippen molar-refractivity contribution in [2.24, 2.45) is 0 Å². The van der Waals surface area contributed by atoms with Crippen LogP contribution in [-0.2, 0) is 9.59 Å². The van der Waals surface area contributed by atoms with Gasteiger partial charge in [0.15, 0.2) is 24.3 Å². The molecule has 8 heteroatoms. The molecular formula is C12H13BrFNO5. The van der Waals surface area contributed by atoms with Crippen molar-refractivity contribution < 1.29 is 28.9 Å². The largest absolute Gasteiger partial charge is 0.481 e. The second-order valence-electron chi connectivity index (χ2n) is 3.86. The first-order valence-electron chi connectivity index (χ1n) is 5.65. The Balaban J connectivity index is 2.31. The molecule has 0 spiro atoms. The molecule has 20 heavy (non-hydrogen) atoms. The number of aliphatic carboxylic acids is 1. The number of nitrogens with one attached hydrogen (secondary N) is 1. The summed E-state index contributed by atoms with van der Waals surface area (Å²) in [4.78, 5) is 21.7. The number of benzene rings is 1. The van der Waals surface area contributed by atoms with Gasteiger partial charge in [-0.05, 0) is 18.2 Å². The highest BCUT2D eigenvalue weighted by Gasteiger charge is 2.13. The number of aliphatic hydroxyl groups excluding tert-OH is 1. The predicted molar refractivity (Wildman–Crippen MR) is 70.9 cm³/mol. The average Bonchev–Trinajstić information content (AvgIpc) is 2.37. The number of hydrogen-bond donors (Lipinski definition) is 3. The van der Waals surface area contributed by atoms with E-state index in [0.29, 0.717) is 4.47 Å². The fourth-order valence-corrected chi connectivity index (χ4v) is 1.59. The van der Waals surface area contributed by atoms with Crippen LogP contribution in [0.5, 0.6) is 5.75 Å². The number of rotatable bonds is 7. The molecule has 1 unspecified atom stereocenters. The zero-order valence-electron chi connectivity index (χ0n) is 10.3. The molecule has 1 aromatic rings. The molecular weight excluding hydrogens is 337 g/mol. The molecule has 6 nitrogen and oxygen atoms in total. The third-order valence-corrected chi connectivity index (χ3v) is 2.77. The third-order valence-electron chi connectivity index (χ3n) is 2.28. The zero-order chi connectivity index (χ0) is 15.1. The lowest BCUT2D eigenvalue weighted by molar-refractivity contribution is -0.147. The fraction of sp³-hybridized carbons (Fsp3) is 0.333. The van der Waals surface area contributed by atoms with Crippen LogP contribution in [0, 0.1) is 5.82 Å². The molecule has 0 radical (unpaired) electrons. The van der Waals surface area contributed by atoms with E-state index < -0.39 is 30.4 Å². The number of carboxylic acid groups (broad SMARTS) is 1. The molecule has 0 aliphatic heterocycles. The van der Waals surface area contributed by atoms with E-state index in [-0.39, 0.29) is 18.7 Å². The van der Waals surface area contributed by atoms with Crippen molar-refractivity contribution in [3.05, 3.63) is 28.5 Å². The zero-order valence-corrected chi connectivity index (χ0v) is 11.9. The van der Waals surface area contributed by atoms with Gasteiger partial charge in [-0.15, -0.1) is 0 Å². The number of ether oxygens (including phenoxy) is 1. The standard InChI is InChI=1S/C12H13BrFNO5/c13-7-1-2-10(8(14)5-7)20-6-11(17)15-4-3-9(16)12(18)19/h1-2,5,9,16H,3-4,6H2,(H,15,17)(H,18,19). The SMILES string of the molecule is O=C(COc1ccc(Br)cc1F)NCCC(O)C(=O)O. The van der Waals surface area contributed by atoms with Gasteiger partial charge in [0.05, 0.1) is 0 Å². The summed E-state index contributed by atoms with van der Waals surface area (Å²) in [5, 5.41) is 19.7. The molecule has 0 aliphatic carbocycles.